The monoisotopic (exact) mass is 338 g/mol. The molecule has 0 radical (unpaired) electrons. The number of likely N-dealkylation sites (N-methyl/N-ethyl adjacent to an activating group) is 1. The molecule has 0 aliphatic carbocycles. The Balaban J connectivity index is 2.68. The summed E-state index contributed by atoms with van der Waals surface area (Å²) in [7, 11) is 5.64. The minimum Gasteiger partial charge on any atom is -0.497 e. The first-order valence-electron chi connectivity index (χ1n) is 8.06. The van der Waals surface area contributed by atoms with Gasteiger partial charge in [-0.05, 0) is 25.1 Å². The van der Waals surface area contributed by atoms with Crippen molar-refractivity contribution < 1.29 is 23.9 Å². The molecule has 2 N–H and O–H groups in total. The van der Waals surface area contributed by atoms with Crippen LogP contribution in [0, 0.1) is 0 Å². The lowest BCUT2D eigenvalue weighted by molar-refractivity contribution is -0.856. The Morgan fingerprint density at radius 3 is 2.75 bits per heavy atom. The van der Waals surface area contributed by atoms with Crippen LogP contribution >= 0.6 is 0 Å². The molecule has 1 aromatic carbocycles. The maximum absolute atomic E-state index is 12.3. The van der Waals surface area contributed by atoms with E-state index in [0.717, 1.165) is 6.54 Å². The van der Waals surface area contributed by atoms with Gasteiger partial charge in [0, 0.05) is 12.2 Å². The summed E-state index contributed by atoms with van der Waals surface area (Å²) in [5.74, 6) is 0.330. The average Bonchev–Trinajstić information content (AvgIpc) is 2.58. The number of nitrogens with one attached hydrogen (secondary N) is 2. The summed E-state index contributed by atoms with van der Waals surface area (Å²) in [5, 5.41) is 2.70. The van der Waals surface area contributed by atoms with E-state index in [-0.39, 0.29) is 11.9 Å². The topological polar surface area (TPSA) is 73.6 Å². The van der Waals surface area contributed by atoms with Gasteiger partial charge in [-0.3, -0.25) is 10.1 Å². The highest BCUT2D eigenvalue weighted by Crippen LogP contribution is 2.12. The maximum atomic E-state index is 12.3. The molecule has 0 aliphatic heterocycles. The standard InChI is InChI=1S/C17H27N3O4/c1-5-23-11-12-24-17(18-9-10-20(2)3)19-16(21)14-7-6-8-15(13-14)22-4/h6-8,13H,5,9-12H2,1-4H3,(H,18,19,21)/p+1. The van der Waals surface area contributed by atoms with E-state index in [4.69, 9.17) is 14.2 Å². The summed E-state index contributed by atoms with van der Waals surface area (Å²) in [4.78, 5) is 17.9. The fourth-order valence-corrected chi connectivity index (χ4v) is 1.78. The smallest absolute Gasteiger partial charge is 0.291 e. The first-order valence-corrected chi connectivity index (χ1v) is 8.06. The second-order valence-electron chi connectivity index (χ2n) is 5.38. The number of hydrogen-bond acceptors (Lipinski definition) is 5. The largest absolute Gasteiger partial charge is 0.497 e. The molecule has 0 aromatic heterocycles. The Kier molecular flexibility index (Phi) is 9.48. The highest BCUT2D eigenvalue weighted by Gasteiger charge is 2.11. The average molecular weight is 338 g/mol. The number of amidine groups is 1. The van der Waals surface area contributed by atoms with Gasteiger partial charge < -0.3 is 19.1 Å². The van der Waals surface area contributed by atoms with Gasteiger partial charge in [0.1, 0.15) is 12.4 Å². The van der Waals surface area contributed by atoms with Crippen LogP contribution in [-0.2, 0) is 9.47 Å². The molecule has 0 saturated heterocycles. The van der Waals surface area contributed by atoms with Crippen LogP contribution in [0.15, 0.2) is 29.3 Å². The molecule has 0 spiro atoms. The molecule has 0 aliphatic rings. The third kappa shape index (κ3) is 7.94. The maximum Gasteiger partial charge on any atom is 0.291 e. The minimum atomic E-state index is -0.291. The molecule has 7 heteroatoms. The van der Waals surface area contributed by atoms with Crippen LogP contribution in [0.2, 0.25) is 0 Å². The summed E-state index contributed by atoms with van der Waals surface area (Å²) in [6.07, 6.45) is 0. The number of amides is 1. The Morgan fingerprint density at radius 1 is 1.29 bits per heavy atom. The Labute approximate surface area is 143 Å². The van der Waals surface area contributed by atoms with E-state index in [9.17, 15) is 4.79 Å². The van der Waals surface area contributed by atoms with Crippen molar-refractivity contribution in [2.45, 2.75) is 6.92 Å². The number of carbonyl (C=O) groups is 1. The van der Waals surface area contributed by atoms with E-state index < -0.39 is 0 Å². The number of ether oxygens (including phenoxy) is 3. The number of quaternary nitrogens is 1. The van der Waals surface area contributed by atoms with E-state index in [1.54, 1.807) is 31.4 Å². The first-order chi connectivity index (χ1) is 11.6. The van der Waals surface area contributed by atoms with Crippen molar-refractivity contribution in [3.05, 3.63) is 29.8 Å². The fourth-order valence-electron chi connectivity index (χ4n) is 1.78. The Morgan fingerprint density at radius 2 is 2.08 bits per heavy atom. The van der Waals surface area contributed by atoms with Crippen LogP contribution in [0.4, 0.5) is 0 Å². The van der Waals surface area contributed by atoms with Crippen LogP contribution < -0.4 is 15.0 Å². The number of methoxy groups -OCH3 is 1. The number of aliphatic imine (C=N–C) groups is 1. The lowest BCUT2D eigenvalue weighted by Gasteiger charge is -2.12. The van der Waals surface area contributed by atoms with Gasteiger partial charge in [0.05, 0.1) is 40.9 Å². The molecule has 1 aromatic rings. The van der Waals surface area contributed by atoms with Gasteiger partial charge in [0.25, 0.3) is 11.9 Å². The van der Waals surface area contributed by atoms with Crippen LogP contribution in [0.5, 0.6) is 5.75 Å². The number of hydrogen-bond donors (Lipinski definition) is 2. The summed E-state index contributed by atoms with van der Waals surface area (Å²) in [6.45, 7) is 4.72. The predicted molar refractivity (Wildman–Crippen MR) is 92.9 cm³/mol. The predicted octanol–water partition coefficient (Wildman–Crippen LogP) is -0.0214. The van der Waals surface area contributed by atoms with Crippen molar-refractivity contribution in [2.75, 3.05) is 54.1 Å². The number of carbonyl (C=O) groups excluding carboxylic acids is 1. The van der Waals surface area contributed by atoms with E-state index in [1.165, 1.54) is 4.90 Å². The zero-order valence-corrected chi connectivity index (χ0v) is 14.9. The normalized spacial score (nSPS) is 11.5. The van der Waals surface area contributed by atoms with Crippen molar-refractivity contribution in [3.8, 4) is 5.75 Å². The molecule has 24 heavy (non-hydrogen) atoms. The van der Waals surface area contributed by atoms with E-state index in [0.29, 0.717) is 37.7 Å². The van der Waals surface area contributed by atoms with Gasteiger partial charge in [0.15, 0.2) is 0 Å². The number of nitrogens with zero attached hydrogens (tertiary/aromatic N) is 1. The molecular formula is C17H28N3O4+. The third-order valence-electron chi connectivity index (χ3n) is 3.09. The molecule has 1 rings (SSSR count). The molecule has 7 nitrogen and oxygen atoms in total. The summed E-state index contributed by atoms with van der Waals surface area (Å²) < 4.78 is 15.9. The SMILES string of the molecule is CCOCCOC(=NCC[NH+](C)C)NC(=O)c1cccc(OC)c1. The van der Waals surface area contributed by atoms with E-state index >= 15 is 0 Å². The number of benzene rings is 1. The van der Waals surface area contributed by atoms with Crippen molar-refractivity contribution in [2.24, 2.45) is 4.99 Å². The fraction of sp³-hybridized carbons (Fsp3) is 0.529. The van der Waals surface area contributed by atoms with Crippen LogP contribution in [-0.4, -0.2) is 66.0 Å². The highest BCUT2D eigenvalue weighted by atomic mass is 16.5. The van der Waals surface area contributed by atoms with Crippen LogP contribution in [0.1, 0.15) is 17.3 Å². The molecule has 1 amide bonds. The van der Waals surface area contributed by atoms with Gasteiger partial charge in [-0.2, -0.15) is 0 Å². The van der Waals surface area contributed by atoms with Gasteiger partial charge in [-0.25, -0.2) is 4.99 Å². The highest BCUT2D eigenvalue weighted by molar-refractivity contribution is 6.04. The third-order valence-corrected chi connectivity index (χ3v) is 3.09. The van der Waals surface area contributed by atoms with Gasteiger partial charge in [-0.15, -0.1) is 0 Å². The molecule has 0 atom stereocenters. The Hall–Kier alpha value is -2.12. The van der Waals surface area contributed by atoms with Gasteiger partial charge >= 0.3 is 0 Å². The second kappa shape index (κ2) is 11.4. The molecule has 134 valence electrons. The van der Waals surface area contributed by atoms with Crippen LogP contribution in [0.3, 0.4) is 0 Å². The van der Waals surface area contributed by atoms with Crippen molar-refractivity contribution in [1.82, 2.24) is 5.32 Å². The van der Waals surface area contributed by atoms with Crippen molar-refractivity contribution in [3.63, 3.8) is 0 Å². The second-order valence-corrected chi connectivity index (χ2v) is 5.38. The molecule has 0 fully saturated rings. The zero-order valence-electron chi connectivity index (χ0n) is 14.9. The quantitative estimate of drug-likeness (QED) is 0.377. The van der Waals surface area contributed by atoms with E-state index in [1.807, 2.05) is 21.0 Å². The summed E-state index contributed by atoms with van der Waals surface area (Å²) >= 11 is 0. The van der Waals surface area contributed by atoms with Crippen molar-refractivity contribution >= 4 is 11.9 Å². The molecule has 0 unspecified atom stereocenters. The lowest BCUT2D eigenvalue weighted by atomic mass is 10.2. The molecular weight excluding hydrogens is 310 g/mol. The molecule has 0 heterocycles. The zero-order chi connectivity index (χ0) is 17.8. The van der Waals surface area contributed by atoms with E-state index in [2.05, 4.69) is 10.3 Å². The van der Waals surface area contributed by atoms with Gasteiger partial charge in [-0.1, -0.05) is 6.07 Å². The Bertz CT molecular complexity index is 532. The van der Waals surface area contributed by atoms with Gasteiger partial charge in [0.2, 0.25) is 0 Å². The van der Waals surface area contributed by atoms with Crippen LogP contribution in [0.25, 0.3) is 0 Å². The summed E-state index contributed by atoms with van der Waals surface area (Å²) in [6, 6.07) is 7.13. The molecule has 0 saturated carbocycles. The summed E-state index contributed by atoms with van der Waals surface area (Å²) in [5.41, 5.74) is 0.480. The lowest BCUT2D eigenvalue weighted by Crippen LogP contribution is -3.06. The molecule has 0 bridgehead atoms. The first kappa shape index (κ1) is 19.9. The van der Waals surface area contributed by atoms with Crippen molar-refractivity contribution in [1.29, 1.82) is 0 Å². The number of rotatable bonds is 9. The minimum absolute atomic E-state index is 0.212.